The van der Waals surface area contributed by atoms with Crippen molar-refractivity contribution < 1.29 is 14.6 Å². The Hall–Kier alpha value is -1.91. The minimum atomic E-state index is 0.214. The highest BCUT2D eigenvalue weighted by Gasteiger charge is 2.25. The zero-order valence-corrected chi connectivity index (χ0v) is 16.2. The second-order valence-corrected chi connectivity index (χ2v) is 7.57. The van der Waals surface area contributed by atoms with Crippen LogP contribution < -0.4 is 15.1 Å². The summed E-state index contributed by atoms with van der Waals surface area (Å²) in [5, 5.41) is 5.87. The van der Waals surface area contributed by atoms with Crippen LogP contribution in [0, 0.1) is 0 Å². The van der Waals surface area contributed by atoms with Gasteiger partial charge in [0.05, 0.1) is 0 Å². The van der Waals surface area contributed by atoms with Crippen molar-refractivity contribution in [3.63, 3.8) is 0 Å². The van der Waals surface area contributed by atoms with E-state index in [0.29, 0.717) is 12.6 Å². The van der Waals surface area contributed by atoms with E-state index in [1.54, 1.807) is 4.90 Å². The van der Waals surface area contributed by atoms with Crippen molar-refractivity contribution in [2.45, 2.75) is 39.3 Å². The van der Waals surface area contributed by atoms with E-state index in [0.717, 1.165) is 45.6 Å². The molecule has 0 saturated carbocycles. The molecule has 0 aliphatic carbocycles. The first-order chi connectivity index (χ1) is 12.7. The standard InChI is InChI=1S/C22H31N3O/c1-3-20(4-2)23-22(26)17-25-14-12-24(13-15-25)16-19-10-7-9-18-8-5-6-11-21(18)19/h5-11,20H,3-4,12-17H2,1-2H3,(H,23,26)/p+2. The molecule has 2 aromatic rings. The topological polar surface area (TPSA) is 38.0 Å². The molecule has 0 aromatic heterocycles. The van der Waals surface area contributed by atoms with Crippen LogP contribution in [0.3, 0.4) is 0 Å². The number of piperazine rings is 1. The van der Waals surface area contributed by atoms with Gasteiger partial charge in [-0.3, -0.25) is 4.79 Å². The van der Waals surface area contributed by atoms with E-state index in [9.17, 15) is 4.79 Å². The van der Waals surface area contributed by atoms with Crippen molar-refractivity contribution in [1.82, 2.24) is 5.32 Å². The normalized spacial score (nSPS) is 20.4. The summed E-state index contributed by atoms with van der Waals surface area (Å²) < 4.78 is 0. The molecule has 0 radical (unpaired) electrons. The fourth-order valence-corrected chi connectivity index (χ4v) is 4.03. The Morgan fingerprint density at radius 1 is 0.962 bits per heavy atom. The molecule has 0 bridgehead atoms. The Morgan fingerprint density at radius 3 is 2.35 bits per heavy atom. The fraction of sp³-hybridized carbons (Fsp3) is 0.500. The maximum absolute atomic E-state index is 12.2. The molecule has 0 atom stereocenters. The molecular weight excluding hydrogens is 322 g/mol. The lowest BCUT2D eigenvalue weighted by molar-refractivity contribution is -1.02. The first-order valence-corrected chi connectivity index (χ1v) is 10.1. The van der Waals surface area contributed by atoms with Crippen LogP contribution in [0.4, 0.5) is 0 Å². The molecular formula is C22H33N3O+2. The second-order valence-electron chi connectivity index (χ2n) is 7.57. The summed E-state index contributed by atoms with van der Waals surface area (Å²) in [6, 6.07) is 15.6. The molecule has 3 N–H and O–H groups in total. The number of nitrogens with one attached hydrogen (secondary N) is 3. The number of benzene rings is 2. The minimum absolute atomic E-state index is 0.214. The molecule has 2 aromatic carbocycles. The van der Waals surface area contributed by atoms with Crippen LogP contribution in [-0.2, 0) is 11.3 Å². The van der Waals surface area contributed by atoms with Gasteiger partial charge in [0.15, 0.2) is 6.54 Å². The number of amides is 1. The molecule has 26 heavy (non-hydrogen) atoms. The van der Waals surface area contributed by atoms with Gasteiger partial charge in [-0.15, -0.1) is 0 Å². The number of carbonyl (C=O) groups excluding carboxylic acids is 1. The SMILES string of the molecule is CCC(CC)NC(=O)C[NH+]1CC[NH+](Cc2cccc3ccccc23)CC1. The van der Waals surface area contributed by atoms with E-state index in [1.165, 1.54) is 21.2 Å². The summed E-state index contributed by atoms with van der Waals surface area (Å²) in [5.74, 6) is 0.214. The molecule has 1 aliphatic rings. The third-order valence-corrected chi connectivity index (χ3v) is 5.75. The van der Waals surface area contributed by atoms with Gasteiger partial charge >= 0.3 is 0 Å². The molecule has 0 unspecified atom stereocenters. The zero-order chi connectivity index (χ0) is 18.4. The minimum Gasteiger partial charge on any atom is -0.349 e. The van der Waals surface area contributed by atoms with Crippen molar-refractivity contribution in [2.75, 3.05) is 32.7 Å². The number of quaternary nitrogens is 2. The number of rotatable bonds is 7. The lowest BCUT2D eigenvalue weighted by Crippen LogP contribution is -3.28. The Bertz CT molecular complexity index is 713. The van der Waals surface area contributed by atoms with E-state index < -0.39 is 0 Å². The molecule has 1 fully saturated rings. The van der Waals surface area contributed by atoms with Crippen LogP contribution >= 0.6 is 0 Å². The molecule has 1 aliphatic heterocycles. The molecule has 4 nitrogen and oxygen atoms in total. The summed E-state index contributed by atoms with van der Waals surface area (Å²) in [4.78, 5) is 15.3. The largest absolute Gasteiger partial charge is 0.349 e. The summed E-state index contributed by atoms with van der Waals surface area (Å²) in [6.45, 7) is 10.4. The Morgan fingerprint density at radius 2 is 1.62 bits per heavy atom. The number of hydrogen-bond donors (Lipinski definition) is 3. The lowest BCUT2D eigenvalue weighted by atomic mass is 10.0. The van der Waals surface area contributed by atoms with Crippen LogP contribution in [0.2, 0.25) is 0 Å². The monoisotopic (exact) mass is 355 g/mol. The molecule has 1 amide bonds. The van der Waals surface area contributed by atoms with E-state index >= 15 is 0 Å². The number of fused-ring (bicyclic) bond motifs is 1. The van der Waals surface area contributed by atoms with Crippen LogP contribution in [0.5, 0.6) is 0 Å². The van der Waals surface area contributed by atoms with Crippen LogP contribution in [0.15, 0.2) is 42.5 Å². The van der Waals surface area contributed by atoms with Crippen molar-refractivity contribution in [3.8, 4) is 0 Å². The fourth-order valence-electron chi connectivity index (χ4n) is 4.03. The van der Waals surface area contributed by atoms with Gasteiger partial charge < -0.3 is 15.1 Å². The van der Waals surface area contributed by atoms with Gasteiger partial charge in [-0.25, -0.2) is 0 Å². The molecule has 4 heteroatoms. The summed E-state index contributed by atoms with van der Waals surface area (Å²) in [7, 11) is 0. The van der Waals surface area contributed by atoms with Gasteiger partial charge in [0, 0.05) is 11.6 Å². The molecule has 140 valence electrons. The average Bonchev–Trinajstić information content (AvgIpc) is 2.68. The quantitative estimate of drug-likeness (QED) is 0.662. The highest BCUT2D eigenvalue weighted by Crippen LogP contribution is 2.17. The highest BCUT2D eigenvalue weighted by atomic mass is 16.2. The summed E-state index contributed by atoms with van der Waals surface area (Å²) in [6.07, 6.45) is 2.03. The Labute approximate surface area is 157 Å². The maximum atomic E-state index is 12.2. The second kappa shape index (κ2) is 9.15. The molecule has 1 saturated heterocycles. The summed E-state index contributed by atoms with van der Waals surface area (Å²) in [5.41, 5.74) is 1.44. The Balaban J connectivity index is 1.50. The molecule has 3 rings (SSSR count). The number of hydrogen-bond acceptors (Lipinski definition) is 1. The van der Waals surface area contributed by atoms with E-state index in [2.05, 4.69) is 61.6 Å². The van der Waals surface area contributed by atoms with Gasteiger partial charge in [0.2, 0.25) is 0 Å². The first-order valence-electron chi connectivity index (χ1n) is 10.1. The number of carbonyl (C=O) groups is 1. The van der Waals surface area contributed by atoms with Crippen molar-refractivity contribution in [2.24, 2.45) is 0 Å². The van der Waals surface area contributed by atoms with Crippen molar-refractivity contribution >= 4 is 16.7 Å². The smallest absolute Gasteiger partial charge is 0.275 e. The van der Waals surface area contributed by atoms with Gasteiger partial charge in [0.1, 0.15) is 32.7 Å². The van der Waals surface area contributed by atoms with Gasteiger partial charge in [-0.05, 0) is 23.6 Å². The highest BCUT2D eigenvalue weighted by molar-refractivity contribution is 5.85. The third kappa shape index (κ3) is 4.83. The van der Waals surface area contributed by atoms with E-state index in [4.69, 9.17) is 0 Å². The summed E-state index contributed by atoms with van der Waals surface area (Å²) >= 11 is 0. The third-order valence-electron chi connectivity index (χ3n) is 5.75. The van der Waals surface area contributed by atoms with Crippen molar-refractivity contribution in [1.29, 1.82) is 0 Å². The van der Waals surface area contributed by atoms with E-state index in [-0.39, 0.29) is 5.91 Å². The predicted octanol–water partition coefficient (Wildman–Crippen LogP) is 0.428. The Kier molecular flexibility index (Phi) is 6.64. The molecule has 1 heterocycles. The van der Waals surface area contributed by atoms with Crippen LogP contribution in [0.1, 0.15) is 32.3 Å². The first kappa shape index (κ1) is 18.9. The van der Waals surface area contributed by atoms with Gasteiger partial charge in [-0.1, -0.05) is 56.3 Å². The zero-order valence-electron chi connectivity index (χ0n) is 16.2. The predicted molar refractivity (Wildman–Crippen MR) is 106 cm³/mol. The molecule has 0 spiro atoms. The van der Waals surface area contributed by atoms with E-state index in [1.807, 2.05) is 0 Å². The van der Waals surface area contributed by atoms with Crippen LogP contribution in [-0.4, -0.2) is 44.7 Å². The maximum Gasteiger partial charge on any atom is 0.275 e. The average molecular weight is 356 g/mol. The van der Waals surface area contributed by atoms with Gasteiger partial charge in [-0.2, -0.15) is 0 Å². The van der Waals surface area contributed by atoms with Crippen LogP contribution in [0.25, 0.3) is 10.8 Å². The van der Waals surface area contributed by atoms with Crippen molar-refractivity contribution in [3.05, 3.63) is 48.0 Å². The lowest BCUT2D eigenvalue weighted by Gasteiger charge is -2.30. The van der Waals surface area contributed by atoms with Gasteiger partial charge in [0.25, 0.3) is 5.91 Å².